The molecule has 2 aromatic heterocycles. The van der Waals surface area contributed by atoms with Crippen molar-refractivity contribution in [2.24, 2.45) is 5.73 Å². The van der Waals surface area contributed by atoms with Crippen LogP contribution in [0.2, 0.25) is 0 Å². The van der Waals surface area contributed by atoms with Crippen molar-refractivity contribution in [3.05, 3.63) is 101 Å². The first-order chi connectivity index (χ1) is 27.1. The van der Waals surface area contributed by atoms with Gasteiger partial charge in [0.25, 0.3) is 0 Å². The molecule has 13 heteroatoms. The van der Waals surface area contributed by atoms with Gasteiger partial charge in [-0.3, -0.25) is 0 Å². The molecule has 2 aliphatic rings. The van der Waals surface area contributed by atoms with Gasteiger partial charge in [0.15, 0.2) is 0 Å². The zero-order valence-electron chi connectivity index (χ0n) is 34.2. The Morgan fingerprint density at radius 1 is 0.632 bits per heavy atom. The summed E-state index contributed by atoms with van der Waals surface area (Å²) in [6.45, 7) is 16.1. The Kier molecular flexibility index (Phi) is 12.7. The Morgan fingerprint density at radius 3 is 1.51 bits per heavy atom. The maximum atomic E-state index is 12.6. The molecule has 0 unspecified atom stereocenters. The zero-order chi connectivity index (χ0) is 41.0. The molecule has 7 rings (SSSR count). The van der Waals surface area contributed by atoms with E-state index in [4.69, 9.17) is 15.2 Å². The maximum absolute atomic E-state index is 12.6. The Morgan fingerprint density at radius 2 is 1.05 bits per heavy atom. The maximum Gasteiger partial charge on any atom is 0.410 e. The van der Waals surface area contributed by atoms with Crippen molar-refractivity contribution in [2.75, 3.05) is 39.3 Å². The third kappa shape index (κ3) is 10.0. The van der Waals surface area contributed by atoms with Crippen LogP contribution in [0.4, 0.5) is 9.59 Å². The van der Waals surface area contributed by atoms with E-state index < -0.39 is 21.2 Å². The molecule has 0 bridgehead atoms. The Bertz CT molecular complexity index is 2300. The Labute approximate surface area is 336 Å². The number of amides is 2. The summed E-state index contributed by atoms with van der Waals surface area (Å²) in [6, 6.07) is 25.1. The molecule has 2 aliphatic heterocycles. The first kappa shape index (κ1) is 41.8. The lowest BCUT2D eigenvalue weighted by Crippen LogP contribution is -2.38. The van der Waals surface area contributed by atoms with E-state index >= 15 is 0 Å². The number of hydrogen-bond acceptors (Lipinski definition) is 7. The van der Waals surface area contributed by atoms with Crippen molar-refractivity contribution in [1.82, 2.24) is 23.7 Å². The zero-order valence-corrected chi connectivity index (χ0v) is 35.0. The summed E-state index contributed by atoms with van der Waals surface area (Å²) < 4.78 is 43.6. The third-order valence-electron chi connectivity index (χ3n) is 10.2. The lowest BCUT2D eigenvalue weighted by Gasteiger charge is -2.26. The van der Waals surface area contributed by atoms with E-state index in [9.17, 15) is 18.0 Å². The van der Waals surface area contributed by atoms with Crippen molar-refractivity contribution in [1.29, 1.82) is 0 Å². The topological polar surface area (TPSA) is 141 Å². The van der Waals surface area contributed by atoms with Crippen LogP contribution in [0.3, 0.4) is 0 Å². The molecule has 3 aromatic carbocycles. The summed E-state index contributed by atoms with van der Waals surface area (Å²) in [5.41, 5.74) is 12.2. The predicted molar refractivity (Wildman–Crippen MR) is 225 cm³/mol. The number of para-hydroxylation sites is 2. The van der Waals surface area contributed by atoms with Gasteiger partial charge in [-0.05, 0) is 89.8 Å². The van der Waals surface area contributed by atoms with E-state index in [2.05, 4.69) is 50.3 Å². The van der Waals surface area contributed by atoms with Crippen molar-refractivity contribution in [3.63, 3.8) is 0 Å². The van der Waals surface area contributed by atoms with Crippen molar-refractivity contribution in [3.8, 4) is 0 Å². The SMILES string of the molecule is CC(C)(C)OC(=O)N1CCc2c(n(CCN)c3ccccc23)CC1.CC(C)(C)OC(=O)N1CCc2c(n(CCNS(=O)(=O)c3ccccc3)c3ccccc23)CC1. The summed E-state index contributed by atoms with van der Waals surface area (Å²) in [4.78, 5) is 28.9. The first-order valence-corrected chi connectivity index (χ1v) is 21.4. The van der Waals surface area contributed by atoms with Crippen LogP contribution >= 0.6 is 0 Å². The van der Waals surface area contributed by atoms with Crippen LogP contribution in [0, 0.1) is 0 Å². The minimum absolute atomic E-state index is 0.220. The molecule has 12 nitrogen and oxygen atoms in total. The molecule has 0 radical (unpaired) electrons. The number of nitrogens with two attached hydrogens (primary N) is 1. The van der Waals surface area contributed by atoms with Crippen molar-refractivity contribution >= 4 is 44.0 Å². The van der Waals surface area contributed by atoms with Gasteiger partial charge in [-0.2, -0.15) is 0 Å². The molecule has 0 aliphatic carbocycles. The number of rotatable bonds is 7. The van der Waals surface area contributed by atoms with Crippen LogP contribution in [-0.4, -0.2) is 90.0 Å². The van der Waals surface area contributed by atoms with Crippen LogP contribution in [-0.2, 0) is 58.3 Å². The van der Waals surface area contributed by atoms with E-state index in [1.165, 1.54) is 27.7 Å². The van der Waals surface area contributed by atoms with E-state index in [-0.39, 0.29) is 23.6 Å². The largest absolute Gasteiger partial charge is 0.444 e. The number of aromatic nitrogens is 2. The third-order valence-corrected chi connectivity index (χ3v) is 11.7. The molecule has 4 heterocycles. The average molecular weight is 799 g/mol. The molecule has 0 atom stereocenters. The standard InChI is InChI=1S/C25H31N3O4S.C19H27N3O2/c1-25(2,3)32-24(29)27-16-13-21-20-11-7-8-12-22(20)28(23(21)14-17-27)18-15-26-33(30,31)19-9-5-4-6-10-19;1-19(2,3)24-18(23)21-11-8-15-14-6-4-5-7-16(14)22(13-10-20)17(15)9-12-21/h4-12,26H,13-18H2,1-3H3;4-7H,8-13,20H2,1-3H3. The highest BCUT2D eigenvalue weighted by Crippen LogP contribution is 2.31. The fourth-order valence-corrected chi connectivity index (χ4v) is 8.86. The van der Waals surface area contributed by atoms with Gasteiger partial charge < -0.3 is 34.1 Å². The molecule has 0 spiro atoms. The average Bonchev–Trinajstić information content (AvgIpc) is 3.37. The highest BCUT2D eigenvalue weighted by Gasteiger charge is 2.29. The van der Waals surface area contributed by atoms with E-state index in [1.54, 1.807) is 35.2 Å². The van der Waals surface area contributed by atoms with Gasteiger partial charge in [-0.15, -0.1) is 0 Å². The van der Waals surface area contributed by atoms with Crippen molar-refractivity contribution < 1.29 is 27.5 Å². The lowest BCUT2D eigenvalue weighted by atomic mass is 10.1. The number of nitrogens with one attached hydrogen (secondary N) is 1. The van der Waals surface area contributed by atoms with Gasteiger partial charge in [-0.1, -0.05) is 54.6 Å². The summed E-state index contributed by atoms with van der Waals surface area (Å²) in [5.74, 6) is 0. The molecule has 0 saturated heterocycles. The number of nitrogens with zero attached hydrogens (tertiary/aromatic N) is 4. The molecular formula is C44H58N6O6S. The fourth-order valence-electron chi connectivity index (χ4n) is 7.82. The fraction of sp³-hybridized carbons (Fsp3) is 0.455. The molecular weight excluding hydrogens is 741 g/mol. The Balaban J connectivity index is 0.000000203. The predicted octanol–water partition coefficient (Wildman–Crippen LogP) is 6.89. The smallest absolute Gasteiger partial charge is 0.410 e. The number of hydrogen-bond donors (Lipinski definition) is 2. The number of benzene rings is 3. The first-order valence-electron chi connectivity index (χ1n) is 19.9. The second-order valence-corrected chi connectivity index (χ2v) is 18.4. The van der Waals surface area contributed by atoms with Crippen LogP contribution in [0.15, 0.2) is 83.8 Å². The van der Waals surface area contributed by atoms with Gasteiger partial charge in [0.1, 0.15) is 11.2 Å². The van der Waals surface area contributed by atoms with Crippen LogP contribution in [0.1, 0.15) is 64.1 Å². The van der Waals surface area contributed by atoms with Gasteiger partial charge in [0.05, 0.1) is 4.90 Å². The normalized spacial score (nSPS) is 14.9. The number of ether oxygens (including phenoxy) is 2. The molecule has 3 N–H and O–H groups in total. The molecule has 2 amide bonds. The van der Waals surface area contributed by atoms with Gasteiger partial charge in [-0.25, -0.2) is 22.7 Å². The van der Waals surface area contributed by atoms with Gasteiger partial charge in [0.2, 0.25) is 10.0 Å². The van der Waals surface area contributed by atoms with Crippen LogP contribution in [0.5, 0.6) is 0 Å². The number of carbonyl (C=O) groups is 2. The molecule has 306 valence electrons. The summed E-state index contributed by atoms with van der Waals surface area (Å²) >= 11 is 0. The molecule has 0 saturated carbocycles. The lowest BCUT2D eigenvalue weighted by molar-refractivity contribution is 0.0247. The minimum atomic E-state index is -3.57. The number of fused-ring (bicyclic) bond motifs is 6. The molecule has 57 heavy (non-hydrogen) atoms. The van der Waals surface area contributed by atoms with Crippen molar-refractivity contribution in [2.45, 2.75) is 96.4 Å². The van der Waals surface area contributed by atoms with Crippen LogP contribution in [0.25, 0.3) is 21.8 Å². The second kappa shape index (κ2) is 17.3. The second-order valence-electron chi connectivity index (χ2n) is 16.6. The summed E-state index contributed by atoms with van der Waals surface area (Å²) in [6.07, 6.45) is 2.60. The van der Waals surface area contributed by atoms with E-state index in [0.717, 1.165) is 42.4 Å². The van der Waals surface area contributed by atoms with Gasteiger partial charge in [0, 0.05) is 98.4 Å². The highest BCUT2D eigenvalue weighted by atomic mass is 32.2. The number of carbonyl (C=O) groups excluding carboxylic acids is 2. The van der Waals surface area contributed by atoms with E-state index in [1.807, 2.05) is 58.6 Å². The van der Waals surface area contributed by atoms with Gasteiger partial charge >= 0.3 is 12.2 Å². The van der Waals surface area contributed by atoms with E-state index in [0.29, 0.717) is 45.7 Å². The highest BCUT2D eigenvalue weighted by molar-refractivity contribution is 7.89. The Hall–Kier alpha value is -4.85. The molecule has 5 aromatic rings. The quantitative estimate of drug-likeness (QED) is 0.183. The monoisotopic (exact) mass is 798 g/mol. The number of sulfonamides is 1. The van der Waals surface area contributed by atoms with Crippen LogP contribution < -0.4 is 10.5 Å². The summed E-state index contributed by atoms with van der Waals surface area (Å²) in [7, 11) is -3.57. The minimum Gasteiger partial charge on any atom is -0.444 e. The molecule has 0 fully saturated rings. The summed E-state index contributed by atoms with van der Waals surface area (Å²) in [5, 5.41) is 2.44.